The first-order chi connectivity index (χ1) is 13.3. The minimum Gasteiger partial charge on any atom is -0.239 e. The van der Waals surface area contributed by atoms with Crippen LogP contribution < -0.4 is 0 Å². The molecule has 28 heavy (non-hydrogen) atoms. The summed E-state index contributed by atoms with van der Waals surface area (Å²) in [6.45, 7) is 0. The number of benzene rings is 1. The van der Waals surface area contributed by atoms with Gasteiger partial charge in [0, 0.05) is 16.5 Å². The van der Waals surface area contributed by atoms with Crippen molar-refractivity contribution in [1.29, 1.82) is 5.26 Å². The summed E-state index contributed by atoms with van der Waals surface area (Å²) in [5, 5.41) is 13.6. The number of hydrogen-bond donors (Lipinski definition) is 0. The molecule has 0 atom stereocenters. The second kappa shape index (κ2) is 12.2. The zero-order valence-corrected chi connectivity index (χ0v) is 17.9. The standard InChI is InChI=1S/C21H19ClN2S3.CH4/c22-10-4-5-11-25-15-27-21-18(14-23)17(16-7-2-1-3-8-16)13-19(24-21)20-9-6-12-26-20;/h1-3,6-9,12-13H,4-5,10-11,15H2;1H4. The molecule has 0 radical (unpaired) electrons. The number of halogens is 1. The highest BCUT2D eigenvalue weighted by molar-refractivity contribution is 8.16. The third-order valence-electron chi connectivity index (χ3n) is 3.91. The van der Waals surface area contributed by atoms with Gasteiger partial charge in [-0.2, -0.15) is 17.0 Å². The van der Waals surface area contributed by atoms with Gasteiger partial charge in [-0.3, -0.25) is 0 Å². The van der Waals surface area contributed by atoms with Gasteiger partial charge < -0.3 is 0 Å². The number of nitriles is 1. The molecule has 1 aromatic carbocycles. The molecule has 0 saturated heterocycles. The highest BCUT2D eigenvalue weighted by Crippen LogP contribution is 2.36. The molecular weight excluding hydrogens is 424 g/mol. The van der Waals surface area contributed by atoms with Crippen LogP contribution in [0.5, 0.6) is 0 Å². The highest BCUT2D eigenvalue weighted by Gasteiger charge is 2.16. The van der Waals surface area contributed by atoms with Crippen molar-refractivity contribution in [3.05, 3.63) is 59.5 Å². The van der Waals surface area contributed by atoms with Crippen LogP contribution in [0, 0.1) is 11.3 Å². The lowest BCUT2D eigenvalue weighted by molar-refractivity contribution is 0.904. The Morgan fingerprint density at radius 1 is 1.11 bits per heavy atom. The van der Waals surface area contributed by atoms with Crippen molar-refractivity contribution in [2.75, 3.05) is 16.7 Å². The summed E-state index contributed by atoms with van der Waals surface area (Å²) in [6, 6.07) is 18.6. The summed E-state index contributed by atoms with van der Waals surface area (Å²) < 4.78 is 0. The smallest absolute Gasteiger partial charge is 0.116 e. The van der Waals surface area contributed by atoms with Gasteiger partial charge in [0.1, 0.15) is 11.1 Å². The van der Waals surface area contributed by atoms with Crippen LogP contribution in [0.2, 0.25) is 0 Å². The van der Waals surface area contributed by atoms with Crippen LogP contribution >= 0.6 is 46.5 Å². The summed E-state index contributed by atoms with van der Waals surface area (Å²) in [4.78, 5) is 5.94. The van der Waals surface area contributed by atoms with E-state index < -0.39 is 0 Å². The minimum absolute atomic E-state index is 0. The first-order valence-electron chi connectivity index (χ1n) is 8.64. The number of thioether (sulfide) groups is 2. The Bertz CT molecular complexity index is 890. The van der Waals surface area contributed by atoms with Crippen molar-refractivity contribution in [2.45, 2.75) is 25.3 Å². The van der Waals surface area contributed by atoms with E-state index in [9.17, 15) is 5.26 Å². The molecule has 0 amide bonds. The van der Waals surface area contributed by atoms with E-state index in [2.05, 4.69) is 17.5 Å². The molecule has 0 fully saturated rings. The normalized spacial score (nSPS) is 10.3. The van der Waals surface area contributed by atoms with Gasteiger partial charge >= 0.3 is 0 Å². The predicted molar refractivity (Wildman–Crippen MR) is 128 cm³/mol. The average Bonchev–Trinajstić information content (AvgIpc) is 3.25. The molecule has 0 saturated carbocycles. The van der Waals surface area contributed by atoms with Gasteiger partial charge in [0.05, 0.1) is 16.1 Å². The molecule has 2 aromatic heterocycles. The predicted octanol–water partition coefficient (Wildman–Crippen LogP) is 7.79. The average molecular weight is 447 g/mol. The fourth-order valence-electron chi connectivity index (χ4n) is 2.59. The SMILES string of the molecule is C.N#Cc1c(-c2ccccc2)cc(-c2cccs2)nc1SCSCCCCCl. The number of unbranched alkanes of at least 4 members (excludes halogenated alkanes) is 1. The fourth-order valence-corrected chi connectivity index (χ4v) is 5.58. The van der Waals surface area contributed by atoms with Gasteiger partial charge in [-0.1, -0.05) is 55.6 Å². The number of thiophene rings is 1. The van der Waals surface area contributed by atoms with Crippen molar-refractivity contribution in [3.8, 4) is 27.8 Å². The lowest BCUT2D eigenvalue weighted by Crippen LogP contribution is -1.95. The maximum absolute atomic E-state index is 9.83. The van der Waals surface area contributed by atoms with E-state index >= 15 is 0 Å². The molecule has 2 nitrogen and oxygen atoms in total. The first kappa shape index (κ1) is 22.8. The molecule has 0 bridgehead atoms. The third-order valence-corrected chi connectivity index (χ3v) is 7.35. The maximum atomic E-state index is 9.83. The van der Waals surface area contributed by atoms with Crippen LogP contribution in [0.4, 0.5) is 0 Å². The van der Waals surface area contributed by atoms with Crippen LogP contribution in [-0.2, 0) is 0 Å². The molecule has 3 rings (SSSR count). The lowest BCUT2D eigenvalue weighted by Gasteiger charge is -2.11. The fraction of sp³-hybridized carbons (Fsp3) is 0.273. The van der Waals surface area contributed by atoms with E-state index in [4.69, 9.17) is 16.6 Å². The lowest BCUT2D eigenvalue weighted by atomic mass is 10.0. The Labute approximate surface area is 185 Å². The Kier molecular flexibility index (Phi) is 9.94. The summed E-state index contributed by atoms with van der Waals surface area (Å²) in [5.41, 5.74) is 3.59. The van der Waals surface area contributed by atoms with Gasteiger partial charge in [-0.15, -0.1) is 22.9 Å². The van der Waals surface area contributed by atoms with Crippen LogP contribution in [0.15, 0.2) is 58.9 Å². The molecule has 2 heterocycles. The van der Waals surface area contributed by atoms with Crippen molar-refractivity contribution >= 4 is 46.5 Å². The summed E-state index contributed by atoms with van der Waals surface area (Å²) in [7, 11) is 0. The third kappa shape index (κ3) is 6.02. The van der Waals surface area contributed by atoms with E-state index in [0.29, 0.717) is 5.56 Å². The largest absolute Gasteiger partial charge is 0.239 e. The molecular formula is C22H23ClN2S3. The molecule has 3 aromatic rings. The van der Waals surface area contributed by atoms with Gasteiger partial charge in [0.2, 0.25) is 0 Å². The van der Waals surface area contributed by atoms with E-state index in [0.717, 1.165) is 56.3 Å². The molecule has 0 spiro atoms. The Balaban J connectivity index is 0.00000280. The van der Waals surface area contributed by atoms with E-state index in [1.54, 1.807) is 23.1 Å². The van der Waals surface area contributed by atoms with Crippen LogP contribution in [0.3, 0.4) is 0 Å². The second-order valence-electron chi connectivity index (χ2n) is 5.76. The zero-order valence-electron chi connectivity index (χ0n) is 14.7. The van der Waals surface area contributed by atoms with Gasteiger partial charge in [0.15, 0.2) is 0 Å². The number of pyridine rings is 1. The molecule has 0 unspecified atom stereocenters. The Morgan fingerprint density at radius 2 is 1.93 bits per heavy atom. The number of nitrogens with zero attached hydrogens (tertiary/aromatic N) is 2. The van der Waals surface area contributed by atoms with E-state index in [-0.39, 0.29) is 7.43 Å². The Hall–Kier alpha value is -1.45. The van der Waals surface area contributed by atoms with Crippen LogP contribution in [0.1, 0.15) is 25.8 Å². The molecule has 0 aliphatic carbocycles. The van der Waals surface area contributed by atoms with Gasteiger partial charge in [-0.25, -0.2) is 4.98 Å². The van der Waals surface area contributed by atoms with Crippen molar-refractivity contribution in [2.24, 2.45) is 0 Å². The van der Waals surface area contributed by atoms with Gasteiger partial charge in [0.25, 0.3) is 0 Å². The van der Waals surface area contributed by atoms with Crippen molar-refractivity contribution in [3.63, 3.8) is 0 Å². The highest BCUT2D eigenvalue weighted by atomic mass is 35.5. The zero-order chi connectivity index (χ0) is 18.9. The maximum Gasteiger partial charge on any atom is 0.116 e. The molecule has 0 aliphatic rings. The first-order valence-corrected chi connectivity index (χ1v) is 12.2. The number of rotatable bonds is 9. The Morgan fingerprint density at radius 3 is 2.61 bits per heavy atom. The summed E-state index contributed by atoms with van der Waals surface area (Å²) >= 11 is 10.9. The summed E-state index contributed by atoms with van der Waals surface area (Å²) in [6.07, 6.45) is 2.17. The van der Waals surface area contributed by atoms with Gasteiger partial charge in [-0.05, 0) is 41.7 Å². The topological polar surface area (TPSA) is 36.7 Å². The number of aromatic nitrogens is 1. The van der Waals surface area contributed by atoms with Crippen molar-refractivity contribution in [1.82, 2.24) is 4.98 Å². The van der Waals surface area contributed by atoms with E-state index in [1.165, 1.54) is 0 Å². The number of alkyl halides is 1. The summed E-state index contributed by atoms with van der Waals surface area (Å²) in [5.74, 6) is 1.80. The van der Waals surface area contributed by atoms with Crippen molar-refractivity contribution < 1.29 is 0 Å². The minimum atomic E-state index is 0. The molecule has 0 N–H and O–H groups in total. The monoisotopic (exact) mass is 446 g/mol. The molecule has 146 valence electrons. The van der Waals surface area contributed by atoms with Crippen LogP contribution in [-0.4, -0.2) is 21.7 Å². The number of hydrogen-bond acceptors (Lipinski definition) is 5. The quantitative estimate of drug-likeness (QED) is 0.145. The van der Waals surface area contributed by atoms with Crippen LogP contribution in [0.25, 0.3) is 21.7 Å². The molecule has 6 heteroatoms. The van der Waals surface area contributed by atoms with E-state index in [1.807, 2.05) is 54.2 Å². The second-order valence-corrected chi connectivity index (χ2v) is 9.52. The molecule has 0 aliphatic heterocycles.